The van der Waals surface area contributed by atoms with E-state index >= 15 is 0 Å². The van der Waals surface area contributed by atoms with Gasteiger partial charge in [-0.2, -0.15) is 13.2 Å². The van der Waals surface area contributed by atoms with Crippen molar-refractivity contribution in [2.75, 3.05) is 6.61 Å². The van der Waals surface area contributed by atoms with Gasteiger partial charge in [0.1, 0.15) is 13.6 Å². The van der Waals surface area contributed by atoms with Crippen LogP contribution in [-0.2, 0) is 9.53 Å². The molecule has 0 spiro atoms. The van der Waals surface area contributed by atoms with Crippen LogP contribution in [0.4, 0.5) is 13.2 Å². The van der Waals surface area contributed by atoms with Crippen molar-refractivity contribution in [1.29, 1.82) is 0 Å². The summed E-state index contributed by atoms with van der Waals surface area (Å²) in [5, 5.41) is 0. The first-order chi connectivity index (χ1) is 7.56. The largest absolute Gasteiger partial charge is 0.463 e. The van der Waals surface area contributed by atoms with Crippen molar-refractivity contribution < 1.29 is 22.7 Å². The molecule has 0 unspecified atom stereocenters. The molecule has 0 amide bonds. The molecule has 2 nitrogen and oxygen atoms in total. The minimum absolute atomic E-state index is 0.0297. The summed E-state index contributed by atoms with van der Waals surface area (Å²) in [6, 6.07) is 0. The van der Waals surface area contributed by atoms with E-state index < -0.39 is 25.8 Å². The molecular weight excluding hydrogens is 249 g/mol. The van der Waals surface area contributed by atoms with Crippen molar-refractivity contribution in [3.8, 4) is 11.5 Å². The third-order valence-electron chi connectivity index (χ3n) is 1.43. The van der Waals surface area contributed by atoms with Crippen molar-refractivity contribution in [2.45, 2.75) is 32.7 Å². The average Bonchev–Trinajstić information content (AvgIpc) is 2.09. The molecule has 0 aromatic heterocycles. The molecule has 0 saturated carbocycles. The maximum atomic E-state index is 12.5. The first kappa shape index (κ1) is 15.8. The van der Waals surface area contributed by atoms with Gasteiger partial charge in [0.25, 0.3) is 0 Å². The number of rotatable bonds is 2. The topological polar surface area (TPSA) is 26.3 Å². The molecule has 0 aromatic carbocycles. The smallest absolute Gasteiger partial charge is 0.424 e. The van der Waals surface area contributed by atoms with Crippen molar-refractivity contribution in [3.05, 3.63) is 11.6 Å². The van der Waals surface area contributed by atoms with Crippen LogP contribution in [0.25, 0.3) is 0 Å². The summed E-state index contributed by atoms with van der Waals surface area (Å²) < 4.78 is 42.0. The molecule has 0 rings (SSSR count). The zero-order valence-electron chi connectivity index (χ0n) is 10.2. The Kier molecular flexibility index (Phi) is 5.49. The molecule has 17 heavy (non-hydrogen) atoms. The molecule has 0 atom stereocenters. The number of carbonyl (C=O) groups is 1. The minimum Gasteiger partial charge on any atom is -0.463 e. The SMILES string of the molecule is CCOC(=O)/C=C(\C#C[Si](C)(C)C)C(F)(F)F. The highest BCUT2D eigenvalue weighted by atomic mass is 28.3. The number of carbonyl (C=O) groups excluding carboxylic acids is 1. The Morgan fingerprint density at radius 2 is 1.88 bits per heavy atom. The van der Waals surface area contributed by atoms with Crippen LogP contribution >= 0.6 is 0 Å². The molecule has 0 heterocycles. The van der Waals surface area contributed by atoms with Gasteiger partial charge in [0.15, 0.2) is 0 Å². The van der Waals surface area contributed by atoms with Crippen molar-refractivity contribution in [1.82, 2.24) is 0 Å². The number of hydrogen-bond acceptors (Lipinski definition) is 2. The first-order valence-corrected chi connectivity index (χ1v) is 8.55. The van der Waals surface area contributed by atoms with Crippen LogP contribution in [0.5, 0.6) is 0 Å². The van der Waals surface area contributed by atoms with E-state index in [1.165, 1.54) is 6.92 Å². The Morgan fingerprint density at radius 1 is 1.35 bits per heavy atom. The van der Waals surface area contributed by atoms with E-state index in [1.54, 1.807) is 0 Å². The highest BCUT2D eigenvalue weighted by Crippen LogP contribution is 2.25. The summed E-state index contributed by atoms with van der Waals surface area (Å²) in [5.74, 6) is 1.01. The molecule has 0 N–H and O–H groups in total. The number of alkyl halides is 3. The van der Waals surface area contributed by atoms with Gasteiger partial charge in [-0.15, -0.1) is 5.54 Å². The van der Waals surface area contributed by atoms with Crippen LogP contribution in [0.15, 0.2) is 11.6 Å². The molecular formula is C11H15F3O2Si. The van der Waals surface area contributed by atoms with E-state index in [0.29, 0.717) is 6.08 Å². The number of ether oxygens (including phenoxy) is 1. The zero-order chi connectivity index (χ0) is 13.7. The van der Waals surface area contributed by atoms with Crippen LogP contribution in [0.3, 0.4) is 0 Å². The van der Waals surface area contributed by atoms with E-state index in [9.17, 15) is 18.0 Å². The van der Waals surface area contributed by atoms with Crippen LogP contribution in [0.2, 0.25) is 19.6 Å². The summed E-state index contributed by atoms with van der Waals surface area (Å²) in [7, 11) is -1.92. The van der Waals surface area contributed by atoms with Gasteiger partial charge in [0.2, 0.25) is 0 Å². The molecule has 0 saturated heterocycles. The molecule has 0 fully saturated rings. The maximum absolute atomic E-state index is 12.5. The van der Waals surface area contributed by atoms with E-state index in [1.807, 2.05) is 25.6 Å². The fourth-order valence-electron chi connectivity index (χ4n) is 0.745. The lowest BCUT2D eigenvalue weighted by atomic mass is 10.2. The number of allylic oxidation sites excluding steroid dienone is 1. The Balaban J connectivity index is 5.16. The Bertz CT molecular complexity index is 367. The summed E-state index contributed by atoms with van der Waals surface area (Å²) in [6.45, 7) is 7.00. The van der Waals surface area contributed by atoms with E-state index in [-0.39, 0.29) is 6.61 Å². The highest BCUT2D eigenvalue weighted by molar-refractivity contribution is 6.83. The summed E-state index contributed by atoms with van der Waals surface area (Å²) >= 11 is 0. The third-order valence-corrected chi connectivity index (χ3v) is 2.30. The zero-order valence-corrected chi connectivity index (χ0v) is 11.2. The van der Waals surface area contributed by atoms with Crippen LogP contribution in [0, 0.1) is 11.5 Å². The molecule has 0 radical (unpaired) electrons. The Hall–Kier alpha value is -1.22. The fraction of sp³-hybridized carbons (Fsp3) is 0.545. The Labute approximate surface area is 99.9 Å². The second kappa shape index (κ2) is 5.91. The molecule has 0 aliphatic heterocycles. The van der Waals surface area contributed by atoms with Gasteiger partial charge in [0, 0.05) is 6.08 Å². The molecule has 0 bridgehead atoms. The van der Waals surface area contributed by atoms with E-state index in [4.69, 9.17) is 0 Å². The van der Waals surface area contributed by atoms with Crippen molar-refractivity contribution >= 4 is 14.0 Å². The summed E-state index contributed by atoms with van der Waals surface area (Å²) in [5.41, 5.74) is 1.41. The van der Waals surface area contributed by atoms with Crippen molar-refractivity contribution in [2.24, 2.45) is 0 Å². The highest BCUT2D eigenvalue weighted by Gasteiger charge is 2.33. The van der Waals surface area contributed by atoms with Gasteiger partial charge in [-0.25, -0.2) is 4.79 Å². The fourth-order valence-corrected chi connectivity index (χ4v) is 1.26. The van der Waals surface area contributed by atoms with Gasteiger partial charge in [-0.05, 0) is 6.92 Å². The third kappa shape index (κ3) is 7.63. The predicted octanol–water partition coefficient (Wildman–Crippen LogP) is 2.92. The Morgan fingerprint density at radius 3 is 2.24 bits per heavy atom. The van der Waals surface area contributed by atoms with Crippen LogP contribution in [0.1, 0.15) is 6.92 Å². The second-order valence-electron chi connectivity index (χ2n) is 4.31. The normalized spacial score (nSPS) is 12.8. The van der Waals surface area contributed by atoms with Gasteiger partial charge in [-0.1, -0.05) is 25.6 Å². The minimum atomic E-state index is -4.63. The maximum Gasteiger partial charge on any atom is 0.424 e. The number of halogens is 3. The summed E-state index contributed by atoms with van der Waals surface area (Å²) in [4.78, 5) is 11.0. The lowest BCUT2D eigenvalue weighted by Gasteiger charge is -2.07. The van der Waals surface area contributed by atoms with Crippen molar-refractivity contribution in [3.63, 3.8) is 0 Å². The number of hydrogen-bond donors (Lipinski definition) is 0. The van der Waals surface area contributed by atoms with Crippen LogP contribution < -0.4 is 0 Å². The average molecular weight is 264 g/mol. The predicted molar refractivity (Wildman–Crippen MR) is 61.9 cm³/mol. The first-order valence-electron chi connectivity index (χ1n) is 5.05. The van der Waals surface area contributed by atoms with E-state index in [2.05, 4.69) is 10.3 Å². The lowest BCUT2D eigenvalue weighted by Crippen LogP contribution is -2.18. The molecule has 0 aromatic rings. The molecule has 96 valence electrons. The monoisotopic (exact) mass is 264 g/mol. The summed E-state index contributed by atoms with van der Waals surface area (Å²) in [6.07, 6.45) is -4.23. The number of esters is 1. The lowest BCUT2D eigenvalue weighted by molar-refractivity contribution is -0.138. The van der Waals surface area contributed by atoms with Gasteiger partial charge in [-0.3, -0.25) is 0 Å². The van der Waals surface area contributed by atoms with Gasteiger partial charge < -0.3 is 4.74 Å². The van der Waals surface area contributed by atoms with Gasteiger partial charge in [0.05, 0.1) is 6.61 Å². The molecule has 0 aliphatic carbocycles. The second-order valence-corrected chi connectivity index (χ2v) is 9.06. The van der Waals surface area contributed by atoms with E-state index in [0.717, 1.165) is 0 Å². The van der Waals surface area contributed by atoms with Gasteiger partial charge >= 0.3 is 12.1 Å². The quantitative estimate of drug-likeness (QED) is 0.332. The molecule has 0 aliphatic rings. The van der Waals surface area contributed by atoms with Crippen LogP contribution in [-0.4, -0.2) is 26.8 Å². The standard InChI is InChI=1S/C11H15F3O2Si/c1-5-16-10(15)8-9(11(12,13)14)6-7-17(2,3)4/h8H,5H2,1-4H3/b9-8+. The molecule has 6 heteroatoms.